The van der Waals surface area contributed by atoms with E-state index >= 15 is 0 Å². The van der Waals surface area contributed by atoms with Crippen LogP contribution >= 0.6 is 0 Å². The topological polar surface area (TPSA) is 17.8 Å². The molecule has 0 aliphatic heterocycles. The number of aryl methyl sites for hydroxylation is 1. The van der Waals surface area contributed by atoms with Crippen LogP contribution in [0.25, 0.3) is 49.4 Å². The van der Waals surface area contributed by atoms with Gasteiger partial charge in [-0.2, -0.15) is 0 Å². The van der Waals surface area contributed by atoms with Crippen molar-refractivity contribution in [3.05, 3.63) is 109 Å². The van der Waals surface area contributed by atoms with Crippen molar-refractivity contribution in [3.63, 3.8) is 0 Å². The number of benzene rings is 5. The van der Waals surface area contributed by atoms with Crippen molar-refractivity contribution in [1.82, 2.24) is 9.55 Å². The highest BCUT2D eigenvalue weighted by Gasteiger charge is 2.19. The van der Waals surface area contributed by atoms with Crippen molar-refractivity contribution >= 4 is 32.6 Å². The summed E-state index contributed by atoms with van der Waals surface area (Å²) in [6.45, 7) is 1.92. The van der Waals surface area contributed by atoms with Gasteiger partial charge in [0, 0.05) is 17.2 Å². The Bertz CT molecular complexity index is 1900. The number of aromatic nitrogens is 2. The highest BCUT2D eigenvalue weighted by atomic mass is 15.1. The van der Waals surface area contributed by atoms with Gasteiger partial charge < -0.3 is 0 Å². The minimum Gasteiger partial charge on any atom is -0.295 e. The molecular weight excluding hydrogens is 376 g/mol. The lowest BCUT2D eigenvalue weighted by Crippen LogP contribution is -2.03. The third-order valence-corrected chi connectivity index (χ3v) is 5.58. The number of imidazole rings is 1. The minimum atomic E-state index is -0.421. The van der Waals surface area contributed by atoms with E-state index in [9.17, 15) is 0 Å². The molecule has 0 saturated heterocycles. The van der Waals surface area contributed by atoms with Crippen LogP contribution in [0.3, 0.4) is 0 Å². The Morgan fingerprint density at radius 1 is 0.742 bits per heavy atom. The highest BCUT2D eigenvalue weighted by Crippen LogP contribution is 2.42. The lowest BCUT2D eigenvalue weighted by Gasteiger charge is -2.19. The monoisotopic (exact) mass is 406 g/mol. The summed E-state index contributed by atoms with van der Waals surface area (Å²) in [7, 11) is 0. The van der Waals surface area contributed by atoms with Gasteiger partial charge in [0.05, 0.1) is 27.7 Å². The number of fused-ring (bicyclic) bond motifs is 3. The lowest BCUT2D eigenvalue weighted by atomic mass is 9.90. The van der Waals surface area contributed by atoms with Gasteiger partial charge in [-0.15, -0.1) is 0 Å². The fourth-order valence-corrected chi connectivity index (χ4v) is 4.28. The first-order chi connectivity index (χ1) is 18.7. The molecule has 1 heterocycles. The molecule has 0 aliphatic rings. The average Bonchev–Trinajstić information content (AvgIpc) is 3.34. The molecule has 6 rings (SSSR count). The summed E-state index contributed by atoms with van der Waals surface area (Å²) >= 11 is 0. The van der Waals surface area contributed by atoms with Gasteiger partial charge in [0.1, 0.15) is 5.82 Å². The second kappa shape index (κ2) is 7.10. The zero-order valence-corrected chi connectivity index (χ0v) is 16.8. The molecule has 0 spiro atoms. The van der Waals surface area contributed by atoms with E-state index in [0.29, 0.717) is 34.4 Å². The van der Waals surface area contributed by atoms with Crippen LogP contribution in [0.15, 0.2) is 103 Å². The molecule has 148 valence electrons. The quantitative estimate of drug-likeness (QED) is 0.277. The summed E-state index contributed by atoms with van der Waals surface area (Å²) < 4.78 is 71.9. The molecule has 2 nitrogen and oxygen atoms in total. The fourth-order valence-electron chi connectivity index (χ4n) is 4.28. The highest BCUT2D eigenvalue weighted by molar-refractivity contribution is 6.18. The molecule has 0 unspecified atom stereocenters. The first-order valence-corrected chi connectivity index (χ1v) is 10.2. The second-order valence-electron chi connectivity index (χ2n) is 7.30. The van der Waals surface area contributed by atoms with E-state index in [1.54, 1.807) is 28.8 Å². The van der Waals surface area contributed by atoms with Crippen molar-refractivity contribution < 1.29 is 11.0 Å². The molecule has 6 aromatic rings. The number of nitrogens with zero attached hydrogens (tertiary/aromatic N) is 2. The summed E-state index contributed by atoms with van der Waals surface area (Å²) in [5, 5.41) is 0.740. The predicted molar refractivity (Wildman–Crippen MR) is 131 cm³/mol. The van der Waals surface area contributed by atoms with Gasteiger partial charge in [0.2, 0.25) is 0 Å². The van der Waals surface area contributed by atoms with E-state index in [-0.39, 0.29) is 51.4 Å². The fraction of sp³-hybridized carbons (Fsp3) is 0.0690. The molecule has 0 saturated carbocycles. The largest absolute Gasteiger partial charge is 0.295 e. The van der Waals surface area contributed by atoms with Crippen molar-refractivity contribution in [1.29, 1.82) is 0 Å². The van der Waals surface area contributed by atoms with E-state index in [1.165, 1.54) is 0 Å². The summed E-state index contributed by atoms with van der Waals surface area (Å²) in [5.41, 5.74) is 2.53. The van der Waals surface area contributed by atoms with Gasteiger partial charge in [0.15, 0.2) is 0 Å². The molecule has 1 aromatic heterocycles. The van der Waals surface area contributed by atoms with Gasteiger partial charge in [-0.05, 0) is 34.0 Å². The first kappa shape index (κ1) is 11.5. The average molecular weight is 407 g/mol. The SMILES string of the molecule is [2H]c1c([2H])c([2H])c2c(-n3c(CC)nc4ccccc43)c3c([2H])c([2H])c([2H])c([2H])c3c(-c3ccccc3)c2c1[2H]. The number of hydrogen-bond acceptors (Lipinski definition) is 1. The normalized spacial score (nSPS) is 15.1. The van der Waals surface area contributed by atoms with Crippen LogP contribution in [0.2, 0.25) is 0 Å². The van der Waals surface area contributed by atoms with Crippen LogP contribution in [-0.4, -0.2) is 9.55 Å². The maximum absolute atomic E-state index is 9.04. The first-order valence-electron chi connectivity index (χ1n) is 14.2. The van der Waals surface area contributed by atoms with Gasteiger partial charge in [0.25, 0.3) is 0 Å². The van der Waals surface area contributed by atoms with Crippen molar-refractivity contribution in [2.45, 2.75) is 13.3 Å². The van der Waals surface area contributed by atoms with Crippen LogP contribution in [0, 0.1) is 0 Å². The molecule has 0 aliphatic carbocycles. The standard InChI is InChI=1S/C29H22N2/c1-2-27-30-25-18-10-11-19-26(25)31(27)29-23-16-8-6-14-21(23)28(20-12-4-3-5-13-20)22-15-7-9-17-24(22)29/h3-19H,2H2,1H3/i6D,7D,8D,9D,14D,15D,16D,17D. The lowest BCUT2D eigenvalue weighted by molar-refractivity contribution is 0.917. The zero-order valence-electron chi connectivity index (χ0n) is 24.8. The Hall–Kier alpha value is -3.91. The van der Waals surface area contributed by atoms with Crippen molar-refractivity contribution in [3.8, 4) is 16.8 Å². The molecule has 0 N–H and O–H groups in total. The minimum absolute atomic E-state index is 0.176. The van der Waals surface area contributed by atoms with Crippen LogP contribution in [-0.2, 0) is 6.42 Å². The maximum Gasteiger partial charge on any atom is 0.114 e. The van der Waals surface area contributed by atoms with E-state index in [1.807, 2.05) is 37.3 Å². The van der Waals surface area contributed by atoms with E-state index in [4.69, 9.17) is 16.0 Å². The van der Waals surface area contributed by atoms with Gasteiger partial charge in [-0.3, -0.25) is 4.57 Å². The third-order valence-electron chi connectivity index (χ3n) is 5.58. The van der Waals surface area contributed by atoms with Crippen molar-refractivity contribution in [2.75, 3.05) is 0 Å². The molecular formula is C29H22N2. The van der Waals surface area contributed by atoms with E-state index in [0.717, 1.165) is 0 Å². The predicted octanol–water partition coefficient (Wildman–Crippen LogP) is 7.56. The van der Waals surface area contributed by atoms with E-state index < -0.39 is 24.2 Å². The number of rotatable bonds is 3. The third kappa shape index (κ3) is 2.69. The summed E-state index contributed by atoms with van der Waals surface area (Å²) in [5.74, 6) is 0.603. The Morgan fingerprint density at radius 3 is 1.97 bits per heavy atom. The molecule has 0 fully saturated rings. The van der Waals surface area contributed by atoms with Crippen molar-refractivity contribution in [2.24, 2.45) is 0 Å². The maximum atomic E-state index is 9.04. The number of hydrogen-bond donors (Lipinski definition) is 0. The summed E-state index contributed by atoms with van der Waals surface area (Å²) in [6.07, 6.45) is 0.481. The van der Waals surface area contributed by atoms with Crippen LogP contribution in [0.4, 0.5) is 0 Å². The van der Waals surface area contributed by atoms with Gasteiger partial charge >= 0.3 is 0 Å². The molecule has 31 heavy (non-hydrogen) atoms. The Labute approximate surface area is 192 Å². The van der Waals surface area contributed by atoms with Gasteiger partial charge in [-0.25, -0.2) is 4.98 Å². The number of para-hydroxylation sites is 2. The van der Waals surface area contributed by atoms with Crippen LogP contribution in [0.1, 0.15) is 23.7 Å². The van der Waals surface area contributed by atoms with Crippen LogP contribution < -0.4 is 0 Å². The Morgan fingerprint density at radius 2 is 1.32 bits per heavy atom. The van der Waals surface area contributed by atoms with Crippen LogP contribution in [0.5, 0.6) is 0 Å². The molecule has 2 heteroatoms. The van der Waals surface area contributed by atoms with E-state index in [2.05, 4.69) is 0 Å². The molecule has 5 aromatic carbocycles. The summed E-state index contributed by atoms with van der Waals surface area (Å²) in [6, 6.07) is 13.5. The molecule has 0 amide bonds. The Balaban J connectivity index is 2.06. The molecule has 0 atom stereocenters. The molecule has 0 bridgehead atoms. The molecule has 0 radical (unpaired) electrons. The second-order valence-corrected chi connectivity index (χ2v) is 7.30. The Kier molecular flexibility index (Phi) is 2.63. The zero-order chi connectivity index (χ0) is 27.7. The van der Waals surface area contributed by atoms with Gasteiger partial charge in [-0.1, -0.05) is 97.7 Å². The summed E-state index contributed by atoms with van der Waals surface area (Å²) in [4.78, 5) is 4.76. The smallest absolute Gasteiger partial charge is 0.114 e.